The minimum atomic E-state index is -0.408. The van der Waals surface area contributed by atoms with Gasteiger partial charge in [0.15, 0.2) is 6.10 Å². The summed E-state index contributed by atoms with van der Waals surface area (Å²) >= 11 is 0. The summed E-state index contributed by atoms with van der Waals surface area (Å²) in [5, 5.41) is 18.8. The molecule has 3 N–H and O–H groups in total. The lowest BCUT2D eigenvalue weighted by Crippen LogP contribution is -2.41. The quantitative estimate of drug-likeness (QED) is 0.819. The zero-order valence-electron chi connectivity index (χ0n) is 10.3. The van der Waals surface area contributed by atoms with Crippen LogP contribution < -0.4 is 10.6 Å². The van der Waals surface area contributed by atoms with Crippen molar-refractivity contribution in [2.24, 2.45) is 5.73 Å². The number of nitrogens with zero attached hydrogens (tertiary/aromatic N) is 2. The van der Waals surface area contributed by atoms with Crippen molar-refractivity contribution < 1.29 is 9.84 Å². The van der Waals surface area contributed by atoms with Crippen molar-refractivity contribution in [3.63, 3.8) is 0 Å². The number of aromatic hydroxyl groups is 1. The summed E-state index contributed by atoms with van der Waals surface area (Å²) in [5.41, 5.74) is 7.37. The number of phenols is 1. The van der Waals surface area contributed by atoms with E-state index in [0.717, 1.165) is 17.8 Å². The number of nitrogens with two attached hydrogens (primary N) is 1. The van der Waals surface area contributed by atoms with E-state index in [-0.39, 0.29) is 11.8 Å². The normalized spacial score (nSPS) is 21.4. The van der Waals surface area contributed by atoms with Crippen LogP contribution in [0, 0.1) is 11.3 Å². The molecule has 2 atom stereocenters. The monoisotopic (exact) mass is 247 g/mol. The van der Waals surface area contributed by atoms with Gasteiger partial charge < -0.3 is 20.5 Å². The van der Waals surface area contributed by atoms with E-state index in [9.17, 15) is 5.11 Å². The highest BCUT2D eigenvalue weighted by Gasteiger charge is 2.21. The number of nitriles is 1. The van der Waals surface area contributed by atoms with Crippen LogP contribution in [0.2, 0.25) is 0 Å². The van der Waals surface area contributed by atoms with E-state index < -0.39 is 6.10 Å². The third kappa shape index (κ3) is 2.55. The lowest BCUT2D eigenvalue weighted by molar-refractivity contribution is 0.0764. The maximum atomic E-state index is 9.91. The van der Waals surface area contributed by atoms with Crippen molar-refractivity contribution in [3.8, 4) is 11.8 Å². The molecule has 0 aromatic heterocycles. The molecule has 1 aromatic rings. The summed E-state index contributed by atoms with van der Waals surface area (Å²) in [6.45, 7) is 3.59. The lowest BCUT2D eigenvalue weighted by Gasteiger charge is -2.31. The Morgan fingerprint density at radius 1 is 1.61 bits per heavy atom. The highest BCUT2D eigenvalue weighted by Crippen LogP contribution is 2.28. The first kappa shape index (κ1) is 12.7. The maximum absolute atomic E-state index is 9.91. The van der Waals surface area contributed by atoms with Crippen LogP contribution in [0.25, 0.3) is 0 Å². The topological polar surface area (TPSA) is 82.5 Å². The smallest absolute Gasteiger partial charge is 0.161 e. The Labute approximate surface area is 106 Å². The zero-order chi connectivity index (χ0) is 13.1. The molecule has 2 unspecified atom stereocenters. The number of rotatable bonds is 2. The van der Waals surface area contributed by atoms with Gasteiger partial charge in [0.25, 0.3) is 0 Å². The van der Waals surface area contributed by atoms with Crippen molar-refractivity contribution in [1.82, 2.24) is 0 Å². The van der Waals surface area contributed by atoms with Crippen LogP contribution in [-0.4, -0.2) is 30.9 Å². The molecule has 0 bridgehead atoms. The molecule has 18 heavy (non-hydrogen) atoms. The minimum absolute atomic E-state index is 0.197. The third-order valence-electron chi connectivity index (χ3n) is 3.08. The Kier molecular flexibility index (Phi) is 3.70. The van der Waals surface area contributed by atoms with E-state index in [1.54, 1.807) is 6.07 Å². The van der Waals surface area contributed by atoms with Crippen LogP contribution in [0.1, 0.15) is 18.5 Å². The molecule has 0 radical (unpaired) electrons. The Morgan fingerprint density at radius 3 is 3.00 bits per heavy atom. The SMILES string of the molecule is CC(N)c1ccc(N2CCOC(C#N)C2)cc1O. The summed E-state index contributed by atoms with van der Waals surface area (Å²) in [6.07, 6.45) is -0.408. The van der Waals surface area contributed by atoms with Gasteiger partial charge in [-0.3, -0.25) is 0 Å². The van der Waals surface area contributed by atoms with Gasteiger partial charge in [-0.25, -0.2) is 0 Å². The van der Waals surface area contributed by atoms with E-state index >= 15 is 0 Å². The average Bonchev–Trinajstić information content (AvgIpc) is 2.38. The van der Waals surface area contributed by atoms with Crippen molar-refractivity contribution in [2.75, 3.05) is 24.6 Å². The van der Waals surface area contributed by atoms with Crippen molar-refractivity contribution in [3.05, 3.63) is 23.8 Å². The highest BCUT2D eigenvalue weighted by molar-refractivity contribution is 5.54. The standard InChI is InChI=1S/C13H17N3O2/c1-9(15)12-3-2-10(6-13(12)17)16-4-5-18-11(7-14)8-16/h2-3,6,9,11,17H,4-5,8,15H2,1H3. The first-order valence-electron chi connectivity index (χ1n) is 5.96. The molecule has 0 saturated carbocycles. The predicted molar refractivity (Wildman–Crippen MR) is 68.3 cm³/mol. The van der Waals surface area contributed by atoms with Crippen molar-refractivity contribution in [2.45, 2.75) is 19.1 Å². The maximum Gasteiger partial charge on any atom is 0.161 e. The number of anilines is 1. The minimum Gasteiger partial charge on any atom is -0.508 e. The van der Waals surface area contributed by atoms with Crippen molar-refractivity contribution in [1.29, 1.82) is 5.26 Å². The number of hydrogen-bond acceptors (Lipinski definition) is 5. The van der Waals surface area contributed by atoms with Gasteiger partial charge in [-0.1, -0.05) is 6.07 Å². The Hall–Kier alpha value is -1.77. The summed E-state index contributed by atoms with van der Waals surface area (Å²) in [4.78, 5) is 2.03. The van der Waals surface area contributed by atoms with Gasteiger partial charge in [-0.05, 0) is 13.0 Å². The number of ether oxygens (including phenoxy) is 1. The van der Waals surface area contributed by atoms with Crippen LogP contribution in [0.4, 0.5) is 5.69 Å². The van der Waals surface area contributed by atoms with E-state index in [0.29, 0.717) is 13.2 Å². The fraction of sp³-hybridized carbons (Fsp3) is 0.462. The van der Waals surface area contributed by atoms with Gasteiger partial charge in [0.05, 0.1) is 19.2 Å². The van der Waals surface area contributed by atoms with Gasteiger partial charge in [-0.2, -0.15) is 5.26 Å². The van der Waals surface area contributed by atoms with Gasteiger partial charge in [0.1, 0.15) is 5.75 Å². The molecule has 5 nitrogen and oxygen atoms in total. The largest absolute Gasteiger partial charge is 0.508 e. The Bertz CT molecular complexity index is 468. The number of benzene rings is 1. The summed E-state index contributed by atoms with van der Waals surface area (Å²) in [7, 11) is 0. The average molecular weight is 247 g/mol. The third-order valence-corrected chi connectivity index (χ3v) is 3.08. The Morgan fingerprint density at radius 2 is 2.39 bits per heavy atom. The molecule has 1 aromatic carbocycles. The van der Waals surface area contributed by atoms with Crippen LogP contribution in [0.15, 0.2) is 18.2 Å². The second-order valence-corrected chi connectivity index (χ2v) is 4.47. The fourth-order valence-corrected chi connectivity index (χ4v) is 2.08. The molecular formula is C13H17N3O2. The van der Waals surface area contributed by atoms with Gasteiger partial charge in [0.2, 0.25) is 0 Å². The molecule has 1 fully saturated rings. The molecule has 0 spiro atoms. The number of hydrogen-bond donors (Lipinski definition) is 2. The van der Waals surface area contributed by atoms with Crippen molar-refractivity contribution >= 4 is 5.69 Å². The molecule has 2 rings (SSSR count). The highest BCUT2D eigenvalue weighted by atomic mass is 16.5. The molecule has 96 valence electrons. The first-order valence-corrected chi connectivity index (χ1v) is 5.96. The zero-order valence-corrected chi connectivity index (χ0v) is 10.3. The van der Waals surface area contributed by atoms with Crippen LogP contribution in [0.3, 0.4) is 0 Å². The second kappa shape index (κ2) is 5.25. The summed E-state index contributed by atoms with van der Waals surface area (Å²) in [5.74, 6) is 0.197. The van der Waals surface area contributed by atoms with Gasteiger partial charge >= 0.3 is 0 Å². The van der Waals surface area contributed by atoms with Crippen LogP contribution in [0.5, 0.6) is 5.75 Å². The first-order chi connectivity index (χ1) is 8.61. The lowest BCUT2D eigenvalue weighted by atomic mass is 10.1. The second-order valence-electron chi connectivity index (χ2n) is 4.47. The summed E-state index contributed by atoms with van der Waals surface area (Å²) < 4.78 is 5.29. The van der Waals surface area contributed by atoms with E-state index in [4.69, 9.17) is 15.7 Å². The van der Waals surface area contributed by atoms with E-state index in [2.05, 4.69) is 6.07 Å². The number of phenolic OH excluding ortho intramolecular Hbond substituents is 1. The van der Waals surface area contributed by atoms with Gasteiger partial charge in [0, 0.05) is 29.9 Å². The predicted octanol–water partition coefficient (Wildman–Crippen LogP) is 1.14. The molecule has 0 aliphatic carbocycles. The van der Waals surface area contributed by atoms with E-state index in [1.807, 2.05) is 24.0 Å². The molecule has 1 aliphatic rings. The molecule has 0 amide bonds. The fourth-order valence-electron chi connectivity index (χ4n) is 2.08. The summed E-state index contributed by atoms with van der Waals surface area (Å²) in [6, 6.07) is 7.34. The number of morpholine rings is 1. The molecule has 5 heteroatoms. The van der Waals surface area contributed by atoms with Crippen LogP contribution >= 0.6 is 0 Å². The van der Waals surface area contributed by atoms with Crippen LogP contribution in [-0.2, 0) is 4.74 Å². The molecule has 1 saturated heterocycles. The molecule has 1 heterocycles. The molecule has 1 aliphatic heterocycles. The van der Waals surface area contributed by atoms with E-state index in [1.165, 1.54) is 0 Å². The molecular weight excluding hydrogens is 230 g/mol. The Balaban J connectivity index is 2.19. The van der Waals surface area contributed by atoms with Gasteiger partial charge in [-0.15, -0.1) is 0 Å².